The summed E-state index contributed by atoms with van der Waals surface area (Å²) in [6.07, 6.45) is 37.4. The molecule has 0 aliphatic heterocycles. The van der Waals surface area contributed by atoms with E-state index in [1.165, 1.54) is 148 Å². The van der Waals surface area contributed by atoms with Gasteiger partial charge in [-0.25, -0.2) is 0 Å². The summed E-state index contributed by atoms with van der Waals surface area (Å²) in [5.41, 5.74) is 0. The van der Waals surface area contributed by atoms with E-state index in [9.17, 15) is 9.59 Å². The molecule has 0 bridgehead atoms. The van der Waals surface area contributed by atoms with Crippen molar-refractivity contribution in [3.8, 4) is 0 Å². The summed E-state index contributed by atoms with van der Waals surface area (Å²) in [6, 6.07) is 0. The van der Waals surface area contributed by atoms with E-state index in [2.05, 4.69) is 20.8 Å². The molecule has 0 atom stereocenters. The maximum atomic E-state index is 11.4. The highest BCUT2D eigenvalue weighted by atomic mass is 16.5. The fourth-order valence-electron chi connectivity index (χ4n) is 4.98. The highest BCUT2D eigenvalue weighted by Crippen LogP contribution is 2.14. The first-order valence-electron chi connectivity index (χ1n) is 18.0. The zero-order chi connectivity index (χ0) is 29.8. The van der Waals surface area contributed by atoms with Crippen LogP contribution in [-0.2, 0) is 14.3 Å². The minimum atomic E-state index is -0.653. The minimum Gasteiger partial charge on any atom is -0.481 e. The summed E-state index contributed by atoms with van der Waals surface area (Å²) in [4.78, 5) is 21.7. The normalized spacial score (nSPS) is 10.8. The van der Waals surface area contributed by atoms with Crippen molar-refractivity contribution in [1.29, 1.82) is 0 Å². The van der Waals surface area contributed by atoms with Crippen molar-refractivity contribution in [3.05, 3.63) is 0 Å². The first-order chi connectivity index (χ1) is 19.6. The fraction of sp³-hybridized carbons (Fsp3) is 0.944. The summed E-state index contributed by atoms with van der Waals surface area (Å²) in [5.74, 6) is -0.658. The lowest BCUT2D eigenvalue weighted by Crippen LogP contribution is -2.05. The van der Waals surface area contributed by atoms with Gasteiger partial charge >= 0.3 is 11.9 Å². The second-order valence-corrected chi connectivity index (χ2v) is 12.0. The summed E-state index contributed by atoms with van der Waals surface area (Å²) < 4.78 is 5.14. The van der Waals surface area contributed by atoms with Gasteiger partial charge in [-0.05, 0) is 19.3 Å². The number of carboxylic acid groups (broad SMARTS) is 1. The van der Waals surface area contributed by atoms with Gasteiger partial charge in [0.25, 0.3) is 0 Å². The van der Waals surface area contributed by atoms with Crippen LogP contribution < -0.4 is 0 Å². The number of unbranched alkanes of at least 4 members (excludes halogenated alkanes) is 25. The van der Waals surface area contributed by atoms with Crippen molar-refractivity contribution in [2.75, 3.05) is 6.61 Å². The van der Waals surface area contributed by atoms with Crippen molar-refractivity contribution < 1.29 is 19.4 Å². The average molecular weight is 569 g/mol. The lowest BCUT2D eigenvalue weighted by atomic mass is 10.0. The molecule has 0 fully saturated rings. The number of carbonyl (C=O) groups excluding carboxylic acids is 1. The molecule has 0 spiro atoms. The molecule has 0 rings (SSSR count). The zero-order valence-corrected chi connectivity index (χ0v) is 27.6. The number of aliphatic carboxylic acids is 1. The molecule has 0 saturated carbocycles. The van der Waals surface area contributed by atoms with Crippen molar-refractivity contribution >= 4 is 11.9 Å². The van der Waals surface area contributed by atoms with Gasteiger partial charge in [-0.1, -0.05) is 181 Å². The molecular formula is C36H72O4. The first-order valence-corrected chi connectivity index (χ1v) is 18.0. The highest BCUT2D eigenvalue weighted by molar-refractivity contribution is 5.69. The SMILES string of the molecule is CCCCCCCCCCCCCC(=O)OCCCC.CCCCCCCCCCCCCCCCCC(=O)O. The molecule has 0 aromatic rings. The van der Waals surface area contributed by atoms with Crippen LogP contribution in [0.3, 0.4) is 0 Å². The Hall–Kier alpha value is -1.06. The van der Waals surface area contributed by atoms with E-state index in [0.717, 1.165) is 32.1 Å². The summed E-state index contributed by atoms with van der Waals surface area (Å²) in [7, 11) is 0. The Bertz CT molecular complexity index is 491. The van der Waals surface area contributed by atoms with Gasteiger partial charge < -0.3 is 9.84 Å². The van der Waals surface area contributed by atoms with Gasteiger partial charge in [0.05, 0.1) is 6.61 Å². The Morgan fingerprint density at radius 1 is 0.400 bits per heavy atom. The van der Waals surface area contributed by atoms with Gasteiger partial charge in [-0.2, -0.15) is 0 Å². The third kappa shape index (κ3) is 41.4. The average Bonchev–Trinajstić information content (AvgIpc) is 2.94. The Kier molecular flexibility index (Phi) is 39.0. The quantitative estimate of drug-likeness (QED) is 0.0667. The second-order valence-electron chi connectivity index (χ2n) is 12.0. The first kappa shape index (κ1) is 41.1. The number of esters is 1. The summed E-state index contributed by atoms with van der Waals surface area (Å²) in [6.45, 7) is 7.25. The van der Waals surface area contributed by atoms with Gasteiger partial charge in [-0.3, -0.25) is 9.59 Å². The third-order valence-corrected chi connectivity index (χ3v) is 7.74. The Labute approximate surface area is 251 Å². The van der Waals surface area contributed by atoms with Crippen molar-refractivity contribution in [3.63, 3.8) is 0 Å². The molecule has 1 N–H and O–H groups in total. The molecule has 0 heterocycles. The molecule has 0 radical (unpaired) electrons. The van der Waals surface area contributed by atoms with Crippen LogP contribution in [0.4, 0.5) is 0 Å². The van der Waals surface area contributed by atoms with E-state index in [1.807, 2.05) is 0 Å². The number of carbonyl (C=O) groups is 2. The molecule has 4 nitrogen and oxygen atoms in total. The maximum Gasteiger partial charge on any atom is 0.305 e. The topological polar surface area (TPSA) is 63.6 Å². The predicted molar refractivity (Wildman–Crippen MR) is 174 cm³/mol. The van der Waals surface area contributed by atoms with Gasteiger partial charge in [0.1, 0.15) is 0 Å². The van der Waals surface area contributed by atoms with Gasteiger partial charge in [0.2, 0.25) is 0 Å². The van der Waals surface area contributed by atoms with Crippen molar-refractivity contribution in [2.24, 2.45) is 0 Å². The van der Waals surface area contributed by atoms with Crippen LogP contribution in [0.15, 0.2) is 0 Å². The number of hydrogen-bond acceptors (Lipinski definition) is 3. The van der Waals surface area contributed by atoms with Crippen LogP contribution in [0, 0.1) is 0 Å². The zero-order valence-electron chi connectivity index (χ0n) is 27.6. The van der Waals surface area contributed by atoms with Crippen molar-refractivity contribution in [2.45, 2.75) is 213 Å². The van der Waals surface area contributed by atoms with Crippen LogP contribution in [-0.4, -0.2) is 23.7 Å². The molecule has 40 heavy (non-hydrogen) atoms. The smallest absolute Gasteiger partial charge is 0.305 e. The lowest BCUT2D eigenvalue weighted by molar-refractivity contribution is -0.144. The summed E-state index contributed by atoms with van der Waals surface area (Å²) >= 11 is 0. The van der Waals surface area contributed by atoms with Gasteiger partial charge in [-0.15, -0.1) is 0 Å². The second kappa shape index (κ2) is 37.9. The maximum absolute atomic E-state index is 11.4. The molecule has 0 aromatic heterocycles. The molecule has 0 aliphatic rings. The van der Waals surface area contributed by atoms with Crippen LogP contribution >= 0.6 is 0 Å². The Balaban J connectivity index is 0. The number of rotatable bonds is 31. The number of carboxylic acids is 1. The molecule has 240 valence electrons. The van der Waals surface area contributed by atoms with E-state index >= 15 is 0 Å². The monoisotopic (exact) mass is 569 g/mol. The van der Waals surface area contributed by atoms with E-state index < -0.39 is 5.97 Å². The number of hydrogen-bond donors (Lipinski definition) is 1. The molecule has 4 heteroatoms. The summed E-state index contributed by atoms with van der Waals surface area (Å²) in [5, 5.41) is 8.52. The van der Waals surface area contributed by atoms with Crippen LogP contribution in [0.2, 0.25) is 0 Å². The van der Waals surface area contributed by atoms with Gasteiger partial charge in [0.15, 0.2) is 0 Å². The third-order valence-electron chi connectivity index (χ3n) is 7.74. The Morgan fingerprint density at radius 2 is 0.675 bits per heavy atom. The standard InChI is InChI=1S/2C18H36O2/c1-3-5-7-8-9-10-11-12-13-14-15-16-18(19)20-17-6-4-2;1-2-3-4-5-6-7-8-9-10-11-12-13-14-15-16-17-18(19)20/h3-17H2,1-2H3;2-17H2,1H3,(H,19,20). The largest absolute Gasteiger partial charge is 0.481 e. The molecular weight excluding hydrogens is 496 g/mol. The van der Waals surface area contributed by atoms with Crippen LogP contribution in [0.5, 0.6) is 0 Å². The molecule has 0 aromatic carbocycles. The highest BCUT2D eigenvalue weighted by Gasteiger charge is 2.02. The van der Waals surface area contributed by atoms with Crippen LogP contribution in [0.25, 0.3) is 0 Å². The van der Waals surface area contributed by atoms with Crippen LogP contribution in [0.1, 0.15) is 213 Å². The van der Waals surface area contributed by atoms with Crippen molar-refractivity contribution in [1.82, 2.24) is 0 Å². The molecule has 0 amide bonds. The Morgan fingerprint density at radius 3 is 0.975 bits per heavy atom. The molecule has 0 saturated heterocycles. The van der Waals surface area contributed by atoms with Gasteiger partial charge in [0, 0.05) is 12.8 Å². The number of ether oxygens (including phenoxy) is 1. The fourth-order valence-corrected chi connectivity index (χ4v) is 4.98. The lowest BCUT2D eigenvalue weighted by Gasteiger charge is -2.04. The predicted octanol–water partition coefficient (Wildman–Crippen LogP) is 12.4. The molecule has 0 aliphatic carbocycles. The molecule has 0 unspecified atom stereocenters. The van der Waals surface area contributed by atoms with E-state index in [1.54, 1.807) is 0 Å². The van der Waals surface area contributed by atoms with E-state index in [-0.39, 0.29) is 5.97 Å². The van der Waals surface area contributed by atoms with E-state index in [4.69, 9.17) is 9.84 Å². The van der Waals surface area contributed by atoms with E-state index in [0.29, 0.717) is 19.4 Å². The minimum absolute atomic E-state index is 0.00521.